The summed E-state index contributed by atoms with van der Waals surface area (Å²) in [5.74, 6) is 0.735. The number of piperidine rings is 1. The number of nitrogens with two attached hydrogens (primary N) is 1. The van der Waals surface area contributed by atoms with Crippen molar-refractivity contribution < 1.29 is 9.53 Å². The van der Waals surface area contributed by atoms with Gasteiger partial charge in [0.2, 0.25) is 0 Å². The quantitative estimate of drug-likeness (QED) is 0.815. The van der Waals surface area contributed by atoms with Gasteiger partial charge in [0.05, 0.1) is 0 Å². The minimum Gasteiger partial charge on any atom is -0.448 e. The Hall–Kier alpha value is -0.770. The van der Waals surface area contributed by atoms with Crippen molar-refractivity contribution in [3.05, 3.63) is 0 Å². The Morgan fingerprint density at radius 3 is 2.12 bits per heavy atom. The van der Waals surface area contributed by atoms with Gasteiger partial charge in [-0.2, -0.15) is 0 Å². The summed E-state index contributed by atoms with van der Waals surface area (Å²) in [4.78, 5) is 13.1. The van der Waals surface area contributed by atoms with Crippen LogP contribution in [0.1, 0.15) is 47.5 Å². The summed E-state index contributed by atoms with van der Waals surface area (Å²) in [5, 5.41) is 0. The fourth-order valence-electron chi connectivity index (χ4n) is 1.43. The van der Waals surface area contributed by atoms with E-state index in [4.69, 9.17) is 10.5 Å². The van der Waals surface area contributed by atoms with E-state index in [0.29, 0.717) is 13.2 Å². The number of rotatable bonds is 2. The van der Waals surface area contributed by atoms with Gasteiger partial charge >= 0.3 is 6.09 Å². The van der Waals surface area contributed by atoms with Crippen LogP contribution in [-0.4, -0.2) is 37.2 Å². The molecule has 1 heterocycles. The van der Waals surface area contributed by atoms with Crippen molar-refractivity contribution in [2.24, 2.45) is 11.7 Å². The molecule has 4 nitrogen and oxygen atoms in total. The third-order valence-corrected chi connectivity index (χ3v) is 2.39. The highest BCUT2D eigenvalue weighted by Gasteiger charge is 2.20. The molecule has 1 saturated heterocycles. The molecule has 4 heteroatoms. The van der Waals surface area contributed by atoms with Gasteiger partial charge in [-0.3, -0.25) is 0 Å². The molecule has 0 atom stereocenters. The molecular formula is C13H30N2O2. The molecule has 0 radical (unpaired) electrons. The first-order valence-corrected chi connectivity index (χ1v) is 6.86. The molecule has 0 aromatic carbocycles. The number of hydrogen-bond acceptors (Lipinski definition) is 3. The van der Waals surface area contributed by atoms with Crippen LogP contribution in [0, 0.1) is 5.92 Å². The molecule has 0 saturated carbocycles. The summed E-state index contributed by atoms with van der Waals surface area (Å²) >= 11 is 0. The molecule has 0 spiro atoms. The third-order valence-electron chi connectivity index (χ3n) is 2.39. The maximum Gasteiger partial charge on any atom is 0.409 e. The van der Waals surface area contributed by atoms with Crippen molar-refractivity contribution in [2.75, 3.05) is 26.2 Å². The second-order valence-corrected chi connectivity index (χ2v) is 3.57. The van der Waals surface area contributed by atoms with Crippen molar-refractivity contribution in [3.63, 3.8) is 0 Å². The average molecular weight is 246 g/mol. The average Bonchev–Trinajstić information content (AvgIpc) is 2.41. The summed E-state index contributed by atoms with van der Waals surface area (Å²) in [6.07, 6.45) is 1.95. The van der Waals surface area contributed by atoms with E-state index < -0.39 is 0 Å². The molecule has 0 aromatic heterocycles. The molecule has 0 unspecified atom stereocenters. The Bertz CT molecular complexity index is 167. The van der Waals surface area contributed by atoms with E-state index in [-0.39, 0.29) is 6.09 Å². The van der Waals surface area contributed by atoms with Crippen LogP contribution < -0.4 is 5.73 Å². The van der Waals surface area contributed by atoms with E-state index in [2.05, 4.69) is 6.92 Å². The third kappa shape index (κ3) is 8.98. The summed E-state index contributed by atoms with van der Waals surface area (Å²) in [6, 6.07) is 0. The number of likely N-dealkylation sites (tertiary alicyclic amines) is 1. The zero-order chi connectivity index (χ0) is 13.7. The van der Waals surface area contributed by atoms with E-state index in [0.717, 1.165) is 31.8 Å². The van der Waals surface area contributed by atoms with Gasteiger partial charge in [-0.25, -0.2) is 4.79 Å². The molecule has 1 fully saturated rings. The first-order chi connectivity index (χ1) is 8.24. The summed E-state index contributed by atoms with van der Waals surface area (Å²) in [7, 11) is 0. The summed E-state index contributed by atoms with van der Waals surface area (Å²) in [6.45, 7) is 12.6. The number of carbonyl (C=O) groups is 1. The van der Waals surface area contributed by atoms with Gasteiger partial charge in [-0.05, 0) is 18.8 Å². The van der Waals surface area contributed by atoms with Crippen LogP contribution in [0.2, 0.25) is 0 Å². The van der Waals surface area contributed by atoms with Crippen molar-refractivity contribution in [3.8, 4) is 0 Å². The first-order valence-electron chi connectivity index (χ1n) is 6.86. The molecule has 17 heavy (non-hydrogen) atoms. The van der Waals surface area contributed by atoms with Crippen LogP contribution in [0.15, 0.2) is 0 Å². The van der Waals surface area contributed by atoms with Gasteiger partial charge in [-0.1, -0.05) is 34.6 Å². The van der Waals surface area contributed by atoms with Crippen LogP contribution in [0.5, 0.6) is 0 Å². The fourth-order valence-corrected chi connectivity index (χ4v) is 1.43. The van der Waals surface area contributed by atoms with Gasteiger partial charge in [0, 0.05) is 19.6 Å². The minimum atomic E-state index is -0.211. The monoisotopic (exact) mass is 246 g/mol. The molecule has 0 bridgehead atoms. The van der Waals surface area contributed by atoms with Crippen LogP contribution in [0.4, 0.5) is 4.79 Å². The number of carbonyl (C=O) groups excluding carboxylic acids is 1. The summed E-state index contributed by atoms with van der Waals surface area (Å²) in [5.41, 5.74) is 5.23. The lowest BCUT2D eigenvalue weighted by atomic mass is 10.00. The predicted molar refractivity (Wildman–Crippen MR) is 73.1 cm³/mol. The van der Waals surface area contributed by atoms with Gasteiger partial charge < -0.3 is 15.4 Å². The SMILES string of the molecule is CC.CC.CC1CCN(C(=O)OCCN)CC1. The van der Waals surface area contributed by atoms with Crippen LogP contribution in [-0.2, 0) is 4.74 Å². The fraction of sp³-hybridized carbons (Fsp3) is 0.923. The number of nitrogens with zero attached hydrogens (tertiary/aromatic N) is 1. The predicted octanol–water partition coefficient (Wildman–Crippen LogP) is 2.87. The van der Waals surface area contributed by atoms with Crippen LogP contribution >= 0.6 is 0 Å². The maximum atomic E-state index is 11.3. The molecule has 0 aromatic rings. The Kier molecular flexibility index (Phi) is 14.5. The van der Waals surface area contributed by atoms with E-state index in [1.807, 2.05) is 27.7 Å². The smallest absolute Gasteiger partial charge is 0.409 e. The van der Waals surface area contributed by atoms with E-state index in [1.54, 1.807) is 4.90 Å². The van der Waals surface area contributed by atoms with Gasteiger partial charge in [0.15, 0.2) is 0 Å². The number of amides is 1. The number of ether oxygens (including phenoxy) is 1. The highest BCUT2D eigenvalue weighted by molar-refractivity contribution is 5.67. The molecule has 1 aliphatic rings. The van der Waals surface area contributed by atoms with Crippen molar-refractivity contribution >= 4 is 6.09 Å². The Labute approximate surface area is 106 Å². The van der Waals surface area contributed by atoms with Gasteiger partial charge in [-0.15, -0.1) is 0 Å². The first kappa shape index (κ1) is 18.6. The molecule has 1 rings (SSSR count). The lowest BCUT2D eigenvalue weighted by molar-refractivity contribution is 0.0915. The Balaban J connectivity index is 0. The van der Waals surface area contributed by atoms with E-state index in [9.17, 15) is 4.79 Å². The zero-order valence-corrected chi connectivity index (χ0v) is 12.2. The highest BCUT2D eigenvalue weighted by Crippen LogP contribution is 2.16. The second-order valence-electron chi connectivity index (χ2n) is 3.57. The van der Waals surface area contributed by atoms with Crippen LogP contribution in [0.25, 0.3) is 0 Å². The standard InChI is InChI=1S/C9H18N2O2.2C2H6/c1-8-2-5-11(6-3-8)9(12)13-7-4-10;2*1-2/h8H,2-7,10H2,1H3;2*1-2H3. The van der Waals surface area contributed by atoms with Gasteiger partial charge in [0.25, 0.3) is 0 Å². The molecule has 0 aliphatic carbocycles. The molecule has 104 valence electrons. The van der Waals surface area contributed by atoms with E-state index >= 15 is 0 Å². The topological polar surface area (TPSA) is 55.6 Å². The van der Waals surface area contributed by atoms with Crippen molar-refractivity contribution in [2.45, 2.75) is 47.5 Å². The zero-order valence-electron chi connectivity index (χ0n) is 12.2. The lowest BCUT2D eigenvalue weighted by Crippen LogP contribution is -2.38. The second kappa shape index (κ2) is 13.3. The summed E-state index contributed by atoms with van der Waals surface area (Å²) < 4.78 is 4.93. The van der Waals surface area contributed by atoms with E-state index in [1.165, 1.54) is 0 Å². The maximum absolute atomic E-state index is 11.3. The Morgan fingerprint density at radius 1 is 1.24 bits per heavy atom. The largest absolute Gasteiger partial charge is 0.448 e. The molecule has 2 N–H and O–H groups in total. The molecular weight excluding hydrogens is 216 g/mol. The minimum absolute atomic E-state index is 0.211. The van der Waals surface area contributed by atoms with Crippen molar-refractivity contribution in [1.82, 2.24) is 4.90 Å². The highest BCUT2D eigenvalue weighted by atomic mass is 16.6. The van der Waals surface area contributed by atoms with Crippen LogP contribution in [0.3, 0.4) is 0 Å². The molecule has 1 amide bonds. The number of hydrogen-bond donors (Lipinski definition) is 1. The Morgan fingerprint density at radius 2 is 1.71 bits per heavy atom. The van der Waals surface area contributed by atoms with Gasteiger partial charge in [0.1, 0.15) is 6.61 Å². The molecule has 1 aliphatic heterocycles. The van der Waals surface area contributed by atoms with Crippen molar-refractivity contribution in [1.29, 1.82) is 0 Å². The normalized spacial score (nSPS) is 15.1. The lowest BCUT2D eigenvalue weighted by Gasteiger charge is -2.29.